The third kappa shape index (κ3) is 3.36. The molecule has 0 aliphatic carbocycles. The van der Waals surface area contributed by atoms with Crippen molar-refractivity contribution in [3.8, 4) is 0 Å². The first kappa shape index (κ1) is 15.0. The van der Waals surface area contributed by atoms with E-state index < -0.39 is 6.04 Å². The minimum absolute atomic E-state index is 0.00352. The van der Waals surface area contributed by atoms with Gasteiger partial charge in [0.15, 0.2) is 0 Å². The van der Waals surface area contributed by atoms with Crippen LogP contribution in [0.25, 0.3) is 0 Å². The van der Waals surface area contributed by atoms with E-state index >= 15 is 0 Å². The quantitative estimate of drug-likeness (QED) is 0.918. The number of rotatable bonds is 4. The van der Waals surface area contributed by atoms with E-state index in [-0.39, 0.29) is 18.4 Å². The van der Waals surface area contributed by atoms with Crippen molar-refractivity contribution < 1.29 is 9.59 Å². The van der Waals surface area contributed by atoms with E-state index in [1.165, 1.54) is 0 Å². The van der Waals surface area contributed by atoms with E-state index in [1.807, 2.05) is 27.7 Å². The average molecular weight is 295 g/mol. The molecule has 2 heterocycles. The lowest BCUT2D eigenvalue weighted by Crippen LogP contribution is -2.57. The summed E-state index contributed by atoms with van der Waals surface area (Å²) in [6, 6.07) is -0.390. The van der Waals surface area contributed by atoms with Crippen LogP contribution >= 0.6 is 11.3 Å². The van der Waals surface area contributed by atoms with Gasteiger partial charge in [-0.1, -0.05) is 13.8 Å². The Balaban J connectivity index is 2.09. The molecule has 6 heteroatoms. The predicted molar refractivity (Wildman–Crippen MR) is 78.4 cm³/mol. The van der Waals surface area contributed by atoms with Crippen LogP contribution < -0.4 is 5.32 Å². The zero-order chi connectivity index (χ0) is 14.9. The van der Waals surface area contributed by atoms with Crippen LogP contribution in [0.1, 0.15) is 35.8 Å². The lowest BCUT2D eigenvalue weighted by molar-refractivity contribution is -0.145. The van der Waals surface area contributed by atoms with Gasteiger partial charge in [-0.2, -0.15) is 0 Å². The summed E-state index contributed by atoms with van der Waals surface area (Å²) in [5.41, 5.74) is 0.998. The monoisotopic (exact) mass is 295 g/mol. The molecule has 1 fully saturated rings. The number of nitrogens with one attached hydrogen (secondary N) is 1. The topological polar surface area (TPSA) is 62.3 Å². The van der Waals surface area contributed by atoms with Crippen LogP contribution in [-0.2, 0) is 16.1 Å². The highest BCUT2D eigenvalue weighted by Crippen LogP contribution is 2.20. The number of piperazine rings is 1. The highest BCUT2D eigenvalue weighted by Gasteiger charge is 2.33. The van der Waals surface area contributed by atoms with E-state index in [1.54, 1.807) is 16.2 Å². The van der Waals surface area contributed by atoms with E-state index in [0.29, 0.717) is 18.9 Å². The van der Waals surface area contributed by atoms with E-state index in [0.717, 1.165) is 15.6 Å². The summed E-state index contributed by atoms with van der Waals surface area (Å²) in [6.07, 6.45) is 0.678. The van der Waals surface area contributed by atoms with Crippen molar-refractivity contribution in [1.29, 1.82) is 0 Å². The molecular weight excluding hydrogens is 274 g/mol. The number of aryl methyl sites for hydroxylation is 2. The maximum atomic E-state index is 12.4. The highest BCUT2D eigenvalue weighted by atomic mass is 32.1. The summed E-state index contributed by atoms with van der Waals surface area (Å²) in [6.45, 7) is 8.63. The van der Waals surface area contributed by atoms with Crippen molar-refractivity contribution in [1.82, 2.24) is 15.2 Å². The molecule has 2 rings (SSSR count). The second-order valence-corrected chi connectivity index (χ2v) is 6.98. The van der Waals surface area contributed by atoms with Crippen LogP contribution in [0.3, 0.4) is 0 Å². The van der Waals surface area contributed by atoms with Gasteiger partial charge in [0.2, 0.25) is 11.8 Å². The van der Waals surface area contributed by atoms with Gasteiger partial charge in [-0.3, -0.25) is 9.59 Å². The van der Waals surface area contributed by atoms with Gasteiger partial charge >= 0.3 is 0 Å². The van der Waals surface area contributed by atoms with Gasteiger partial charge in [-0.25, -0.2) is 4.98 Å². The van der Waals surface area contributed by atoms with Gasteiger partial charge in [0.25, 0.3) is 0 Å². The van der Waals surface area contributed by atoms with Crippen molar-refractivity contribution >= 4 is 23.2 Å². The standard InChI is InChI=1S/C14H21N3O2S/c1-8(2)5-11-14(19)17(6-12(18)16-11)7-13-15-9(3)10(4)20-13/h8,11H,5-7H2,1-4H3,(H,16,18). The molecule has 1 aliphatic rings. The minimum Gasteiger partial charge on any atom is -0.343 e. The molecule has 1 atom stereocenters. The zero-order valence-corrected chi connectivity index (χ0v) is 13.2. The van der Waals surface area contributed by atoms with E-state index in [9.17, 15) is 9.59 Å². The Labute approximate surface area is 123 Å². The summed E-state index contributed by atoms with van der Waals surface area (Å²) in [5, 5.41) is 3.68. The molecule has 0 saturated carbocycles. The first-order valence-electron chi connectivity index (χ1n) is 6.88. The second kappa shape index (κ2) is 5.91. The van der Waals surface area contributed by atoms with Crippen LogP contribution in [0, 0.1) is 19.8 Å². The van der Waals surface area contributed by atoms with E-state index in [2.05, 4.69) is 10.3 Å². The Kier molecular flexibility index (Phi) is 4.42. The maximum absolute atomic E-state index is 12.4. The molecule has 110 valence electrons. The highest BCUT2D eigenvalue weighted by molar-refractivity contribution is 7.11. The predicted octanol–water partition coefficient (Wildman–Crippen LogP) is 1.63. The Hall–Kier alpha value is -1.43. The molecule has 0 radical (unpaired) electrons. The van der Waals surface area contributed by atoms with E-state index in [4.69, 9.17) is 0 Å². The van der Waals surface area contributed by atoms with Gasteiger partial charge in [-0.05, 0) is 26.2 Å². The Bertz CT molecular complexity index is 505. The maximum Gasteiger partial charge on any atom is 0.246 e. The number of thiazole rings is 1. The van der Waals surface area contributed by atoms with Crippen LogP contribution in [0.5, 0.6) is 0 Å². The fraction of sp³-hybridized carbons (Fsp3) is 0.643. The zero-order valence-electron chi connectivity index (χ0n) is 12.4. The number of nitrogens with zero attached hydrogens (tertiary/aromatic N) is 2. The molecule has 1 N–H and O–H groups in total. The third-order valence-electron chi connectivity index (χ3n) is 3.39. The van der Waals surface area contributed by atoms with Gasteiger partial charge in [0.05, 0.1) is 12.2 Å². The number of hydrogen-bond acceptors (Lipinski definition) is 4. The van der Waals surface area contributed by atoms with Crippen LogP contribution in [-0.4, -0.2) is 34.3 Å². The summed E-state index contributed by atoms with van der Waals surface area (Å²) in [4.78, 5) is 31.4. The SMILES string of the molecule is Cc1nc(CN2CC(=O)NC(CC(C)C)C2=O)sc1C. The summed E-state index contributed by atoms with van der Waals surface area (Å²) in [5.74, 6) is 0.289. The fourth-order valence-electron chi connectivity index (χ4n) is 2.31. The van der Waals surface area contributed by atoms with Crippen molar-refractivity contribution in [3.63, 3.8) is 0 Å². The number of carbonyl (C=O) groups excluding carboxylic acids is 2. The van der Waals surface area contributed by atoms with Crippen LogP contribution in [0.4, 0.5) is 0 Å². The summed E-state index contributed by atoms with van der Waals surface area (Å²) in [7, 11) is 0. The van der Waals surface area contributed by atoms with Crippen molar-refractivity contribution in [2.45, 2.75) is 46.7 Å². The van der Waals surface area contributed by atoms with Crippen LogP contribution in [0.15, 0.2) is 0 Å². The Morgan fingerprint density at radius 1 is 1.40 bits per heavy atom. The molecule has 5 nitrogen and oxygen atoms in total. The minimum atomic E-state index is -0.390. The number of amides is 2. The van der Waals surface area contributed by atoms with Crippen LogP contribution in [0.2, 0.25) is 0 Å². The largest absolute Gasteiger partial charge is 0.343 e. The third-order valence-corrected chi connectivity index (χ3v) is 4.44. The molecule has 2 amide bonds. The fourth-order valence-corrected chi connectivity index (χ4v) is 3.26. The molecule has 1 aromatic rings. The van der Waals surface area contributed by atoms with Gasteiger partial charge in [-0.15, -0.1) is 11.3 Å². The molecule has 0 bridgehead atoms. The molecule has 1 aliphatic heterocycles. The Morgan fingerprint density at radius 2 is 2.10 bits per heavy atom. The molecule has 1 saturated heterocycles. The van der Waals surface area contributed by atoms with Gasteiger partial charge in [0, 0.05) is 4.88 Å². The first-order chi connectivity index (χ1) is 9.36. The lowest BCUT2D eigenvalue weighted by Gasteiger charge is -2.32. The molecular formula is C14H21N3O2S. The number of hydrogen-bond donors (Lipinski definition) is 1. The summed E-state index contributed by atoms with van der Waals surface area (Å²) >= 11 is 1.59. The van der Waals surface area contributed by atoms with Gasteiger partial charge in [0.1, 0.15) is 17.6 Å². The second-order valence-electron chi connectivity index (χ2n) is 5.69. The smallest absolute Gasteiger partial charge is 0.246 e. The van der Waals surface area contributed by atoms with Crippen molar-refractivity contribution in [3.05, 3.63) is 15.6 Å². The molecule has 0 aromatic carbocycles. The summed E-state index contributed by atoms with van der Waals surface area (Å²) < 4.78 is 0. The lowest BCUT2D eigenvalue weighted by atomic mass is 10.0. The normalized spacial score (nSPS) is 19.6. The number of aromatic nitrogens is 1. The molecule has 1 aromatic heterocycles. The Morgan fingerprint density at radius 3 is 2.65 bits per heavy atom. The molecule has 0 spiro atoms. The van der Waals surface area contributed by atoms with Gasteiger partial charge < -0.3 is 10.2 Å². The average Bonchev–Trinajstić information content (AvgIpc) is 2.63. The number of carbonyl (C=O) groups is 2. The van der Waals surface area contributed by atoms with Crippen molar-refractivity contribution in [2.75, 3.05) is 6.54 Å². The molecule has 20 heavy (non-hydrogen) atoms. The molecule has 1 unspecified atom stereocenters. The first-order valence-corrected chi connectivity index (χ1v) is 7.69. The van der Waals surface area contributed by atoms with Crippen molar-refractivity contribution in [2.24, 2.45) is 5.92 Å².